The first-order valence-electron chi connectivity index (χ1n) is 14.9. The molecule has 2 aliphatic carbocycles. The van der Waals surface area contributed by atoms with E-state index >= 15 is 14.4 Å². The predicted octanol–water partition coefficient (Wildman–Crippen LogP) is 8.94. The molecule has 4 nitrogen and oxygen atoms in total. The van der Waals surface area contributed by atoms with E-state index in [4.69, 9.17) is 23.2 Å². The van der Waals surface area contributed by atoms with Crippen molar-refractivity contribution < 1.29 is 14.4 Å². The lowest BCUT2D eigenvalue weighted by atomic mass is 9.59. The lowest BCUT2D eigenvalue weighted by Gasteiger charge is -2.39. The number of anilines is 1. The SMILES string of the molecule is O=C1[C@H]2[C@H](C(=O)N1c1ccccc1Br)[C@@]1(c3ccc(Cl)cc3)C(=O)[C@@]2(c2ccc(Cl)cc2)C(c2ccccc2)=C1c1ccccc1. The van der Waals surface area contributed by atoms with E-state index in [1.807, 2.05) is 91.0 Å². The van der Waals surface area contributed by atoms with Crippen LogP contribution in [0.25, 0.3) is 11.1 Å². The van der Waals surface area contributed by atoms with Crippen LogP contribution in [0.15, 0.2) is 138 Å². The molecule has 1 heterocycles. The van der Waals surface area contributed by atoms with Crippen LogP contribution < -0.4 is 4.90 Å². The van der Waals surface area contributed by atoms with Crippen molar-refractivity contribution in [3.8, 4) is 0 Å². The van der Waals surface area contributed by atoms with Gasteiger partial charge in [0, 0.05) is 14.5 Å². The van der Waals surface area contributed by atoms with Crippen LogP contribution in [-0.2, 0) is 25.2 Å². The zero-order valence-corrected chi connectivity index (χ0v) is 27.3. The predicted molar refractivity (Wildman–Crippen MR) is 185 cm³/mol. The number of amides is 2. The van der Waals surface area contributed by atoms with Crippen molar-refractivity contribution in [2.45, 2.75) is 10.8 Å². The number of halogens is 3. The zero-order valence-electron chi connectivity index (χ0n) is 24.2. The van der Waals surface area contributed by atoms with Crippen LogP contribution >= 0.6 is 39.1 Å². The molecule has 5 aromatic carbocycles. The van der Waals surface area contributed by atoms with Gasteiger partial charge in [-0.1, -0.05) is 120 Å². The molecule has 0 aromatic heterocycles. The van der Waals surface area contributed by atoms with E-state index in [-0.39, 0.29) is 5.78 Å². The molecule has 1 saturated heterocycles. The van der Waals surface area contributed by atoms with Gasteiger partial charge in [-0.25, -0.2) is 4.90 Å². The van der Waals surface area contributed by atoms with Gasteiger partial charge in [0.05, 0.1) is 28.4 Å². The molecule has 0 radical (unpaired) electrons. The fraction of sp³-hybridized carbons (Fsp3) is 0.103. The van der Waals surface area contributed by atoms with E-state index in [0.717, 1.165) is 22.3 Å². The molecular formula is C39H24BrCl2NO3. The van der Waals surface area contributed by atoms with Crippen molar-refractivity contribution >= 4 is 73.6 Å². The third-order valence-electron chi connectivity index (χ3n) is 9.81. The molecule has 2 fully saturated rings. The van der Waals surface area contributed by atoms with Crippen molar-refractivity contribution in [2.24, 2.45) is 11.8 Å². The molecule has 1 aliphatic heterocycles. The van der Waals surface area contributed by atoms with Gasteiger partial charge >= 0.3 is 0 Å². The third-order valence-corrected chi connectivity index (χ3v) is 11.0. The summed E-state index contributed by atoms with van der Waals surface area (Å²) in [5.41, 5.74) is 1.71. The van der Waals surface area contributed by atoms with E-state index in [0.29, 0.717) is 31.3 Å². The molecule has 0 spiro atoms. The Kier molecular flexibility index (Phi) is 6.73. The van der Waals surface area contributed by atoms with Gasteiger partial charge in [-0.15, -0.1) is 0 Å². The first-order chi connectivity index (χ1) is 22.3. The lowest BCUT2D eigenvalue weighted by molar-refractivity contribution is -0.130. The Morgan fingerprint density at radius 3 is 1.33 bits per heavy atom. The number of imide groups is 1. The second-order valence-corrected chi connectivity index (χ2v) is 13.6. The molecule has 2 amide bonds. The average molecular weight is 705 g/mol. The maximum absolute atomic E-state index is 15.9. The van der Waals surface area contributed by atoms with E-state index in [1.165, 1.54) is 4.90 Å². The number of carbonyl (C=O) groups excluding carboxylic acids is 3. The summed E-state index contributed by atoms with van der Waals surface area (Å²) in [6.45, 7) is 0. The quantitative estimate of drug-likeness (QED) is 0.172. The van der Waals surface area contributed by atoms with E-state index in [9.17, 15) is 0 Å². The van der Waals surface area contributed by atoms with Gasteiger partial charge in [0.2, 0.25) is 11.8 Å². The minimum atomic E-state index is -1.51. The highest BCUT2D eigenvalue weighted by Crippen LogP contribution is 2.74. The molecule has 4 atom stereocenters. The molecule has 224 valence electrons. The van der Waals surface area contributed by atoms with Crippen LogP contribution in [-0.4, -0.2) is 17.6 Å². The summed E-state index contributed by atoms with van der Waals surface area (Å²) in [4.78, 5) is 47.3. The van der Waals surface area contributed by atoms with Crippen molar-refractivity contribution in [1.82, 2.24) is 0 Å². The smallest absolute Gasteiger partial charge is 0.239 e. The summed E-state index contributed by atoms with van der Waals surface area (Å²) in [6, 6.07) is 40.9. The van der Waals surface area contributed by atoms with Gasteiger partial charge in [-0.3, -0.25) is 14.4 Å². The molecule has 5 aromatic rings. The molecule has 0 N–H and O–H groups in total. The van der Waals surface area contributed by atoms with Crippen molar-refractivity contribution in [3.63, 3.8) is 0 Å². The number of hydrogen-bond donors (Lipinski definition) is 0. The molecule has 7 heteroatoms. The second-order valence-electron chi connectivity index (χ2n) is 11.9. The highest BCUT2D eigenvalue weighted by Gasteiger charge is 2.82. The molecule has 8 rings (SSSR count). The van der Waals surface area contributed by atoms with E-state index < -0.39 is 34.5 Å². The van der Waals surface area contributed by atoms with Crippen LogP contribution in [0.2, 0.25) is 10.0 Å². The number of allylic oxidation sites excluding steroid dienone is 2. The third kappa shape index (κ3) is 3.71. The van der Waals surface area contributed by atoms with Crippen LogP contribution in [0.4, 0.5) is 5.69 Å². The van der Waals surface area contributed by atoms with Gasteiger partial charge in [0.1, 0.15) is 0 Å². The normalized spacial score (nSPS) is 25.0. The van der Waals surface area contributed by atoms with Crippen molar-refractivity contribution in [1.29, 1.82) is 0 Å². The summed E-state index contributed by atoms with van der Waals surface area (Å²) < 4.78 is 0.607. The zero-order chi connectivity index (χ0) is 31.8. The Morgan fingerprint density at radius 1 is 0.522 bits per heavy atom. The lowest BCUT2D eigenvalue weighted by Crippen LogP contribution is -2.45. The standard InChI is InChI=1S/C39H24BrCl2NO3/c40-29-13-7-8-14-30(29)43-35(44)33-34(36(43)45)39(26-17-21-28(42)22-18-26)32(24-11-5-2-6-12-24)31(23-9-3-1-4-10-23)38(33,37(39)46)25-15-19-27(41)20-16-25/h1-22,33-34H/t33-,34-,38+,39+/m1/s1. The Labute approximate surface area is 284 Å². The monoisotopic (exact) mass is 703 g/mol. The number of para-hydroxylation sites is 1. The number of ketones is 1. The van der Waals surface area contributed by atoms with Gasteiger partial charge in [0.25, 0.3) is 0 Å². The van der Waals surface area contributed by atoms with Gasteiger partial charge < -0.3 is 0 Å². The highest BCUT2D eigenvalue weighted by molar-refractivity contribution is 9.10. The van der Waals surface area contributed by atoms with Crippen molar-refractivity contribution in [3.05, 3.63) is 170 Å². The number of fused-ring (bicyclic) bond motifs is 5. The summed E-state index contributed by atoms with van der Waals surface area (Å²) in [6.07, 6.45) is 0. The Hall–Kier alpha value is -4.29. The fourth-order valence-electron chi connectivity index (χ4n) is 8.23. The summed E-state index contributed by atoms with van der Waals surface area (Å²) in [5.74, 6) is -3.09. The first-order valence-corrected chi connectivity index (χ1v) is 16.4. The molecule has 1 saturated carbocycles. The average Bonchev–Trinajstić information content (AvgIpc) is 3.58. The Balaban J connectivity index is 1.57. The molecule has 46 heavy (non-hydrogen) atoms. The molecular weight excluding hydrogens is 681 g/mol. The maximum Gasteiger partial charge on any atom is 0.239 e. The van der Waals surface area contributed by atoms with Crippen molar-refractivity contribution in [2.75, 3.05) is 4.90 Å². The highest BCUT2D eigenvalue weighted by atomic mass is 79.9. The van der Waals surface area contributed by atoms with Gasteiger partial charge in [-0.05, 0) is 85.7 Å². The summed E-state index contributed by atoms with van der Waals surface area (Å²) >= 11 is 16.4. The maximum atomic E-state index is 15.9. The minimum Gasteiger partial charge on any atom is -0.297 e. The molecule has 2 bridgehead atoms. The van der Waals surface area contributed by atoms with E-state index in [1.54, 1.807) is 42.5 Å². The largest absolute Gasteiger partial charge is 0.297 e. The Bertz CT molecular complexity index is 1970. The van der Waals surface area contributed by atoms with Crippen LogP contribution in [0.3, 0.4) is 0 Å². The summed E-state index contributed by atoms with van der Waals surface area (Å²) in [7, 11) is 0. The number of hydrogen-bond acceptors (Lipinski definition) is 3. The molecule has 0 unspecified atom stereocenters. The summed E-state index contributed by atoms with van der Waals surface area (Å²) in [5, 5.41) is 1.00. The number of benzene rings is 5. The van der Waals surface area contributed by atoms with Gasteiger partial charge in [-0.2, -0.15) is 0 Å². The van der Waals surface area contributed by atoms with Crippen LogP contribution in [0.5, 0.6) is 0 Å². The minimum absolute atomic E-state index is 0.203. The topological polar surface area (TPSA) is 54.5 Å². The Morgan fingerprint density at radius 2 is 0.913 bits per heavy atom. The fourth-order valence-corrected chi connectivity index (χ4v) is 8.94. The van der Waals surface area contributed by atoms with Crippen LogP contribution in [0.1, 0.15) is 22.3 Å². The molecule has 3 aliphatic rings. The second kappa shape index (κ2) is 10.6. The first kappa shape index (κ1) is 29.1. The number of rotatable bonds is 5. The number of nitrogens with zero attached hydrogens (tertiary/aromatic N) is 1. The van der Waals surface area contributed by atoms with E-state index in [2.05, 4.69) is 15.9 Å². The van der Waals surface area contributed by atoms with Crippen LogP contribution in [0, 0.1) is 11.8 Å². The number of carbonyl (C=O) groups is 3. The van der Waals surface area contributed by atoms with Gasteiger partial charge in [0.15, 0.2) is 5.78 Å². The number of Topliss-reactive ketones (excluding diaryl/α,β-unsaturated/α-hetero) is 1.